The van der Waals surface area contributed by atoms with Crippen molar-refractivity contribution in [3.63, 3.8) is 0 Å². The number of anilines is 2. The lowest BCUT2D eigenvalue weighted by Crippen LogP contribution is -2.39. The minimum Gasteiger partial charge on any atom is -0.497 e. The monoisotopic (exact) mass is 332 g/mol. The van der Waals surface area contributed by atoms with Gasteiger partial charge >= 0.3 is 0 Å². The first-order valence-electron chi connectivity index (χ1n) is 8.09. The molecule has 0 radical (unpaired) electrons. The Labute approximate surface area is 147 Å². The van der Waals surface area contributed by atoms with E-state index in [9.17, 15) is 4.79 Å². The van der Waals surface area contributed by atoms with Gasteiger partial charge in [0.2, 0.25) is 5.91 Å². The van der Waals surface area contributed by atoms with Gasteiger partial charge in [-0.15, -0.1) is 0 Å². The molecule has 0 fully saturated rings. The van der Waals surface area contributed by atoms with E-state index >= 15 is 0 Å². The molecule has 0 aliphatic rings. The van der Waals surface area contributed by atoms with Crippen molar-refractivity contribution in [3.8, 4) is 5.75 Å². The molecular weight excluding hydrogens is 312 g/mol. The Morgan fingerprint density at radius 3 is 2.04 bits per heavy atom. The summed E-state index contributed by atoms with van der Waals surface area (Å²) in [7, 11) is 1.62. The highest BCUT2D eigenvalue weighted by molar-refractivity contribution is 5.82. The fourth-order valence-electron chi connectivity index (χ4n) is 2.56. The topological polar surface area (TPSA) is 41.6 Å². The van der Waals surface area contributed by atoms with Crippen molar-refractivity contribution in [2.24, 2.45) is 0 Å². The minimum atomic E-state index is -0.0963. The highest BCUT2D eigenvalue weighted by atomic mass is 16.5. The number of rotatable bonds is 6. The maximum absolute atomic E-state index is 12.6. The zero-order chi connectivity index (χ0) is 17.5. The van der Waals surface area contributed by atoms with Crippen LogP contribution in [0.15, 0.2) is 84.9 Å². The molecule has 0 saturated heterocycles. The van der Waals surface area contributed by atoms with Gasteiger partial charge in [-0.1, -0.05) is 48.5 Å². The Kier molecular flexibility index (Phi) is 5.32. The van der Waals surface area contributed by atoms with Gasteiger partial charge < -0.3 is 4.74 Å². The third-order valence-electron chi connectivity index (χ3n) is 3.76. The number of hydrogen-bond acceptors (Lipinski definition) is 3. The second-order valence-electron chi connectivity index (χ2n) is 5.57. The highest BCUT2D eigenvalue weighted by Gasteiger charge is 2.13. The number of hydrogen-bond donors (Lipinski definition) is 1. The maximum Gasteiger partial charge on any atom is 0.243 e. The fourth-order valence-corrected chi connectivity index (χ4v) is 2.56. The van der Waals surface area contributed by atoms with Crippen molar-refractivity contribution in [2.45, 2.75) is 6.42 Å². The molecule has 126 valence electrons. The van der Waals surface area contributed by atoms with Crippen LogP contribution in [0, 0.1) is 0 Å². The Hall–Kier alpha value is -3.27. The third-order valence-corrected chi connectivity index (χ3v) is 3.76. The number of nitrogens with one attached hydrogen (secondary N) is 1. The van der Waals surface area contributed by atoms with Crippen LogP contribution in [-0.2, 0) is 11.2 Å². The lowest BCUT2D eigenvalue weighted by atomic mass is 10.1. The molecule has 0 aliphatic carbocycles. The summed E-state index contributed by atoms with van der Waals surface area (Å²) >= 11 is 0. The number of benzene rings is 3. The molecule has 3 rings (SSSR count). The SMILES string of the molecule is COc1cccc(CC(=O)NN(c2ccccc2)c2ccccc2)c1. The van der Waals surface area contributed by atoms with E-state index in [2.05, 4.69) is 5.43 Å². The average molecular weight is 332 g/mol. The van der Waals surface area contributed by atoms with Crippen LogP contribution in [0.3, 0.4) is 0 Å². The lowest BCUT2D eigenvalue weighted by Gasteiger charge is -2.25. The van der Waals surface area contributed by atoms with Crippen molar-refractivity contribution in [1.29, 1.82) is 0 Å². The van der Waals surface area contributed by atoms with Crippen LogP contribution >= 0.6 is 0 Å². The Morgan fingerprint density at radius 1 is 0.880 bits per heavy atom. The van der Waals surface area contributed by atoms with E-state index in [0.29, 0.717) is 0 Å². The molecule has 0 unspecified atom stereocenters. The van der Waals surface area contributed by atoms with Crippen molar-refractivity contribution in [3.05, 3.63) is 90.5 Å². The van der Waals surface area contributed by atoms with E-state index < -0.39 is 0 Å². The predicted molar refractivity (Wildman–Crippen MR) is 99.9 cm³/mol. The molecule has 3 aromatic carbocycles. The Balaban J connectivity index is 1.79. The number of ether oxygens (including phenoxy) is 1. The number of amides is 1. The zero-order valence-corrected chi connectivity index (χ0v) is 14.1. The van der Waals surface area contributed by atoms with Gasteiger partial charge in [-0.3, -0.25) is 15.2 Å². The highest BCUT2D eigenvalue weighted by Crippen LogP contribution is 2.22. The van der Waals surface area contributed by atoms with Crippen LogP contribution in [0.2, 0.25) is 0 Å². The van der Waals surface area contributed by atoms with Crippen LogP contribution in [0.4, 0.5) is 11.4 Å². The quantitative estimate of drug-likeness (QED) is 0.691. The van der Waals surface area contributed by atoms with Crippen molar-refractivity contribution in [1.82, 2.24) is 5.43 Å². The predicted octanol–water partition coefficient (Wildman–Crippen LogP) is 4.11. The molecule has 0 aliphatic heterocycles. The molecule has 1 amide bonds. The second-order valence-corrected chi connectivity index (χ2v) is 5.57. The molecule has 1 N–H and O–H groups in total. The largest absolute Gasteiger partial charge is 0.497 e. The van der Waals surface area contributed by atoms with Crippen molar-refractivity contribution >= 4 is 17.3 Å². The smallest absolute Gasteiger partial charge is 0.243 e. The van der Waals surface area contributed by atoms with Gasteiger partial charge in [-0.2, -0.15) is 0 Å². The number of carbonyl (C=O) groups excluding carboxylic acids is 1. The van der Waals surface area contributed by atoms with Crippen molar-refractivity contribution < 1.29 is 9.53 Å². The van der Waals surface area contributed by atoms with Gasteiger partial charge in [0.05, 0.1) is 24.9 Å². The van der Waals surface area contributed by atoms with Gasteiger partial charge in [0.15, 0.2) is 0 Å². The van der Waals surface area contributed by atoms with Gasteiger partial charge in [-0.25, -0.2) is 0 Å². The number of methoxy groups -OCH3 is 1. The summed E-state index contributed by atoms with van der Waals surface area (Å²) in [6.45, 7) is 0. The van der Waals surface area contributed by atoms with Gasteiger partial charge in [0.1, 0.15) is 5.75 Å². The van der Waals surface area contributed by atoms with Gasteiger partial charge in [0, 0.05) is 0 Å². The van der Waals surface area contributed by atoms with E-state index in [4.69, 9.17) is 4.74 Å². The van der Waals surface area contributed by atoms with Crippen LogP contribution in [-0.4, -0.2) is 13.0 Å². The van der Waals surface area contributed by atoms with E-state index in [0.717, 1.165) is 22.7 Å². The van der Waals surface area contributed by atoms with E-state index in [-0.39, 0.29) is 12.3 Å². The molecule has 0 spiro atoms. The Bertz CT molecular complexity index is 780. The van der Waals surface area contributed by atoms with E-state index in [1.807, 2.05) is 84.9 Å². The molecule has 0 heterocycles. The number of hydrazine groups is 1. The first kappa shape index (κ1) is 16.6. The summed E-state index contributed by atoms with van der Waals surface area (Å²) in [4.78, 5) is 12.6. The molecule has 3 aromatic rings. The average Bonchev–Trinajstić information content (AvgIpc) is 2.67. The standard InChI is InChI=1S/C21H20N2O2/c1-25-20-14-8-9-17(15-20)16-21(24)22-23(18-10-4-2-5-11-18)19-12-6-3-7-13-19/h2-15H,16H2,1H3,(H,22,24). The van der Waals surface area contributed by atoms with Gasteiger partial charge in [-0.05, 0) is 42.0 Å². The van der Waals surface area contributed by atoms with Crippen LogP contribution in [0.25, 0.3) is 0 Å². The van der Waals surface area contributed by atoms with Crippen molar-refractivity contribution in [2.75, 3.05) is 12.1 Å². The fraction of sp³-hybridized carbons (Fsp3) is 0.0952. The van der Waals surface area contributed by atoms with E-state index in [1.165, 1.54) is 0 Å². The summed E-state index contributed by atoms with van der Waals surface area (Å²) in [5.41, 5.74) is 5.68. The second kappa shape index (κ2) is 8.02. The molecule has 4 heteroatoms. The van der Waals surface area contributed by atoms with Crippen LogP contribution < -0.4 is 15.2 Å². The molecule has 25 heavy (non-hydrogen) atoms. The molecule has 4 nitrogen and oxygen atoms in total. The molecule has 0 aromatic heterocycles. The summed E-state index contributed by atoms with van der Waals surface area (Å²) in [5.74, 6) is 0.647. The van der Waals surface area contributed by atoms with E-state index in [1.54, 1.807) is 12.1 Å². The minimum absolute atomic E-state index is 0.0963. The summed E-state index contributed by atoms with van der Waals surface area (Å²) in [6, 6.07) is 27.0. The molecule has 0 saturated carbocycles. The first-order chi connectivity index (χ1) is 12.3. The summed E-state index contributed by atoms with van der Waals surface area (Å²) < 4.78 is 5.21. The van der Waals surface area contributed by atoms with Crippen LogP contribution in [0.1, 0.15) is 5.56 Å². The lowest BCUT2D eigenvalue weighted by molar-refractivity contribution is -0.120. The number of para-hydroxylation sites is 2. The van der Waals surface area contributed by atoms with Gasteiger partial charge in [0.25, 0.3) is 0 Å². The Morgan fingerprint density at radius 2 is 1.48 bits per heavy atom. The summed E-state index contributed by atoms with van der Waals surface area (Å²) in [6.07, 6.45) is 0.271. The molecule has 0 atom stereocenters. The molecule has 0 bridgehead atoms. The van der Waals surface area contributed by atoms with Crippen LogP contribution in [0.5, 0.6) is 5.75 Å². The number of nitrogens with zero attached hydrogens (tertiary/aromatic N) is 1. The maximum atomic E-state index is 12.6. The third kappa shape index (κ3) is 4.38. The zero-order valence-electron chi connectivity index (χ0n) is 14.1. The molecular formula is C21H20N2O2. The normalized spacial score (nSPS) is 10.1. The summed E-state index contributed by atoms with van der Waals surface area (Å²) in [5, 5.41) is 1.79. The first-order valence-corrected chi connectivity index (χ1v) is 8.09. The number of carbonyl (C=O) groups is 1.